The first kappa shape index (κ1) is 11.2. The smallest absolute Gasteiger partial charge is 0.105 e. The van der Waals surface area contributed by atoms with Gasteiger partial charge >= 0.3 is 0 Å². The highest BCUT2D eigenvalue weighted by atomic mass is 79.9. The molecule has 4 heteroatoms. The van der Waals surface area contributed by atoms with Crippen molar-refractivity contribution in [1.82, 2.24) is 4.90 Å². The summed E-state index contributed by atoms with van der Waals surface area (Å²) in [6, 6.07) is 8.12. The molecule has 0 radical (unpaired) electrons. The van der Waals surface area contributed by atoms with Crippen LogP contribution in [0, 0.1) is 5.41 Å². The summed E-state index contributed by atoms with van der Waals surface area (Å²) >= 11 is 3.42. The number of benzene rings is 1. The molecule has 0 fully saturated rings. The number of hydrogen-bond donors (Lipinski definition) is 2. The second-order valence-corrected chi connectivity index (χ2v) is 4.24. The first-order valence-electron chi connectivity index (χ1n) is 4.34. The van der Waals surface area contributed by atoms with Crippen LogP contribution in [0.4, 0.5) is 0 Å². The third-order valence-electron chi connectivity index (χ3n) is 1.78. The third-order valence-corrected chi connectivity index (χ3v) is 2.28. The van der Waals surface area contributed by atoms with Gasteiger partial charge in [-0.15, -0.1) is 0 Å². The van der Waals surface area contributed by atoms with E-state index in [1.807, 2.05) is 24.1 Å². The molecule has 76 valence electrons. The molecule has 0 aliphatic rings. The van der Waals surface area contributed by atoms with Gasteiger partial charge in [-0.2, -0.15) is 0 Å². The van der Waals surface area contributed by atoms with E-state index in [1.165, 1.54) is 5.56 Å². The van der Waals surface area contributed by atoms with Gasteiger partial charge in [0, 0.05) is 11.0 Å². The van der Waals surface area contributed by atoms with Crippen molar-refractivity contribution in [3.8, 4) is 0 Å². The van der Waals surface area contributed by atoms with Gasteiger partial charge in [-0.1, -0.05) is 28.1 Å². The summed E-state index contributed by atoms with van der Waals surface area (Å²) in [6.45, 7) is 1.31. The molecule has 1 aromatic rings. The second kappa shape index (κ2) is 5.12. The van der Waals surface area contributed by atoms with Crippen molar-refractivity contribution >= 4 is 21.8 Å². The van der Waals surface area contributed by atoms with Gasteiger partial charge in [-0.05, 0) is 24.7 Å². The summed E-state index contributed by atoms with van der Waals surface area (Å²) in [5.74, 6) is 0.197. The number of nitrogens with two attached hydrogens (primary N) is 1. The quantitative estimate of drug-likeness (QED) is 0.637. The molecule has 3 nitrogen and oxygen atoms in total. The molecular formula is C10H14BrN3. The highest BCUT2D eigenvalue weighted by molar-refractivity contribution is 9.10. The van der Waals surface area contributed by atoms with E-state index in [0.717, 1.165) is 11.0 Å². The average molecular weight is 256 g/mol. The van der Waals surface area contributed by atoms with E-state index in [0.29, 0.717) is 6.54 Å². The Labute approximate surface area is 92.5 Å². The van der Waals surface area contributed by atoms with Crippen LogP contribution in [0.5, 0.6) is 0 Å². The van der Waals surface area contributed by atoms with Gasteiger partial charge in [0.2, 0.25) is 0 Å². The Morgan fingerprint density at radius 1 is 1.57 bits per heavy atom. The zero-order valence-corrected chi connectivity index (χ0v) is 9.71. The lowest BCUT2D eigenvalue weighted by Gasteiger charge is -2.15. The second-order valence-electron chi connectivity index (χ2n) is 3.33. The molecule has 0 amide bonds. The van der Waals surface area contributed by atoms with Crippen LogP contribution in [0.3, 0.4) is 0 Å². The molecule has 1 aromatic carbocycles. The Bertz CT molecular complexity index is 325. The van der Waals surface area contributed by atoms with Gasteiger partial charge < -0.3 is 5.73 Å². The molecule has 0 saturated heterocycles. The Hall–Kier alpha value is -0.870. The molecule has 0 aliphatic carbocycles. The van der Waals surface area contributed by atoms with E-state index < -0.39 is 0 Å². The van der Waals surface area contributed by atoms with Gasteiger partial charge in [-0.3, -0.25) is 10.3 Å². The van der Waals surface area contributed by atoms with Crippen molar-refractivity contribution in [2.45, 2.75) is 6.54 Å². The average Bonchev–Trinajstić information content (AvgIpc) is 2.01. The van der Waals surface area contributed by atoms with Crippen LogP contribution in [0.15, 0.2) is 28.7 Å². The van der Waals surface area contributed by atoms with Crippen LogP contribution in [-0.2, 0) is 6.54 Å². The van der Waals surface area contributed by atoms with Crippen LogP contribution in [0.25, 0.3) is 0 Å². The van der Waals surface area contributed by atoms with Gasteiger partial charge in [0.1, 0.15) is 5.84 Å². The molecule has 0 spiro atoms. The predicted molar refractivity (Wildman–Crippen MR) is 62.4 cm³/mol. The standard InChI is InChI=1S/C10H14BrN3/c1-14(7-10(12)13)6-8-3-2-4-9(11)5-8/h2-5H,6-7H2,1H3,(H3,12,13). The van der Waals surface area contributed by atoms with Crippen LogP contribution >= 0.6 is 15.9 Å². The van der Waals surface area contributed by atoms with Crippen LogP contribution in [-0.4, -0.2) is 24.3 Å². The summed E-state index contributed by atoms with van der Waals surface area (Å²) in [5.41, 5.74) is 6.52. The predicted octanol–water partition coefficient (Wildman–Crippen LogP) is 1.82. The SMILES string of the molecule is CN(CC(=N)N)Cc1cccc(Br)c1. The number of likely N-dealkylation sites (N-methyl/N-ethyl adjacent to an activating group) is 1. The lowest BCUT2D eigenvalue weighted by molar-refractivity contribution is 0.372. The largest absolute Gasteiger partial charge is 0.387 e. The minimum atomic E-state index is 0.197. The highest BCUT2D eigenvalue weighted by Gasteiger charge is 2.01. The van der Waals surface area contributed by atoms with E-state index >= 15 is 0 Å². The maximum Gasteiger partial charge on any atom is 0.105 e. The Kier molecular flexibility index (Phi) is 4.10. The summed E-state index contributed by atoms with van der Waals surface area (Å²) in [6.07, 6.45) is 0. The number of halogens is 1. The van der Waals surface area contributed by atoms with Crippen LogP contribution < -0.4 is 5.73 Å². The Morgan fingerprint density at radius 3 is 2.86 bits per heavy atom. The fourth-order valence-electron chi connectivity index (χ4n) is 1.29. The zero-order chi connectivity index (χ0) is 10.6. The highest BCUT2D eigenvalue weighted by Crippen LogP contribution is 2.12. The van der Waals surface area contributed by atoms with E-state index in [4.69, 9.17) is 11.1 Å². The molecule has 0 saturated carbocycles. The fourth-order valence-corrected chi connectivity index (χ4v) is 1.74. The summed E-state index contributed by atoms with van der Waals surface area (Å²) < 4.78 is 1.08. The van der Waals surface area contributed by atoms with Gasteiger partial charge in [0.25, 0.3) is 0 Å². The van der Waals surface area contributed by atoms with E-state index in [2.05, 4.69) is 28.1 Å². The van der Waals surface area contributed by atoms with Gasteiger partial charge in [0.15, 0.2) is 0 Å². The maximum atomic E-state index is 7.16. The number of nitrogens with zero attached hydrogens (tertiary/aromatic N) is 1. The van der Waals surface area contributed by atoms with Crippen LogP contribution in [0.2, 0.25) is 0 Å². The van der Waals surface area contributed by atoms with Crippen molar-refractivity contribution in [3.05, 3.63) is 34.3 Å². The van der Waals surface area contributed by atoms with E-state index in [9.17, 15) is 0 Å². The molecule has 0 aromatic heterocycles. The Balaban J connectivity index is 2.55. The Morgan fingerprint density at radius 2 is 2.29 bits per heavy atom. The molecule has 0 aliphatic heterocycles. The lowest BCUT2D eigenvalue weighted by Crippen LogP contribution is -2.29. The van der Waals surface area contributed by atoms with Gasteiger partial charge in [-0.25, -0.2) is 0 Å². The number of nitrogens with one attached hydrogen (secondary N) is 1. The fraction of sp³-hybridized carbons (Fsp3) is 0.300. The first-order chi connectivity index (χ1) is 6.58. The van der Waals surface area contributed by atoms with Crippen molar-refractivity contribution in [2.24, 2.45) is 5.73 Å². The number of rotatable bonds is 4. The molecule has 0 heterocycles. The summed E-state index contributed by atoms with van der Waals surface area (Å²) in [4.78, 5) is 2.00. The lowest BCUT2D eigenvalue weighted by atomic mass is 10.2. The van der Waals surface area contributed by atoms with E-state index in [-0.39, 0.29) is 5.84 Å². The first-order valence-corrected chi connectivity index (χ1v) is 5.13. The summed E-state index contributed by atoms with van der Waals surface area (Å²) in [5, 5.41) is 7.16. The maximum absolute atomic E-state index is 7.16. The topological polar surface area (TPSA) is 53.1 Å². The molecule has 1 rings (SSSR count). The number of hydrogen-bond acceptors (Lipinski definition) is 2. The van der Waals surface area contributed by atoms with E-state index in [1.54, 1.807) is 0 Å². The van der Waals surface area contributed by atoms with Crippen molar-refractivity contribution in [1.29, 1.82) is 5.41 Å². The van der Waals surface area contributed by atoms with Crippen molar-refractivity contribution < 1.29 is 0 Å². The molecule has 0 unspecified atom stereocenters. The summed E-state index contributed by atoms with van der Waals surface area (Å²) in [7, 11) is 1.95. The normalized spacial score (nSPS) is 10.5. The minimum absolute atomic E-state index is 0.197. The molecule has 3 N–H and O–H groups in total. The minimum Gasteiger partial charge on any atom is -0.387 e. The zero-order valence-electron chi connectivity index (χ0n) is 8.13. The van der Waals surface area contributed by atoms with Crippen molar-refractivity contribution in [3.63, 3.8) is 0 Å². The van der Waals surface area contributed by atoms with Gasteiger partial charge in [0.05, 0.1) is 6.54 Å². The number of amidine groups is 1. The molecule has 0 bridgehead atoms. The molecular weight excluding hydrogens is 242 g/mol. The molecule has 0 atom stereocenters. The van der Waals surface area contributed by atoms with Crippen LogP contribution in [0.1, 0.15) is 5.56 Å². The monoisotopic (exact) mass is 255 g/mol. The third kappa shape index (κ3) is 3.89. The molecule has 14 heavy (non-hydrogen) atoms. The van der Waals surface area contributed by atoms with Crippen molar-refractivity contribution in [2.75, 3.05) is 13.6 Å².